The minimum absolute atomic E-state index is 0.0806. The van der Waals surface area contributed by atoms with Crippen molar-refractivity contribution in [3.8, 4) is 11.1 Å². The van der Waals surface area contributed by atoms with Crippen molar-refractivity contribution in [2.24, 2.45) is 5.73 Å². The molecule has 31 heavy (non-hydrogen) atoms. The van der Waals surface area contributed by atoms with E-state index in [0.29, 0.717) is 19.7 Å². The summed E-state index contributed by atoms with van der Waals surface area (Å²) in [6, 6.07) is 24.9. The fourth-order valence-corrected chi connectivity index (χ4v) is 4.20. The van der Waals surface area contributed by atoms with Crippen molar-refractivity contribution < 1.29 is 9.53 Å². The summed E-state index contributed by atoms with van der Waals surface area (Å²) in [7, 11) is 0. The first-order valence-corrected chi connectivity index (χ1v) is 10.8. The summed E-state index contributed by atoms with van der Waals surface area (Å²) in [6.45, 7) is 1.50. The molecule has 0 bridgehead atoms. The number of carbonyl (C=O) groups excluding carboxylic acids is 1. The number of nitrogens with one attached hydrogen (secondary N) is 1. The van der Waals surface area contributed by atoms with Gasteiger partial charge in [0.05, 0.1) is 0 Å². The Morgan fingerprint density at radius 2 is 1.58 bits per heavy atom. The van der Waals surface area contributed by atoms with E-state index >= 15 is 0 Å². The van der Waals surface area contributed by atoms with Crippen LogP contribution in [0.3, 0.4) is 0 Å². The Bertz CT molecular complexity index is 1030. The third-order valence-electron chi connectivity index (χ3n) is 5.69. The molecule has 4 nitrogen and oxygen atoms in total. The number of fused-ring (bicyclic) bond motifs is 3. The SMILES string of the molecule is NCCc1ccccc1C=CCCNC(=O)OCC1c2ccccc2-c2ccccc21. The highest BCUT2D eigenvalue weighted by atomic mass is 16.5. The minimum atomic E-state index is -0.376. The van der Waals surface area contributed by atoms with E-state index in [0.717, 1.165) is 12.8 Å². The number of hydrogen-bond donors (Lipinski definition) is 2. The van der Waals surface area contributed by atoms with Gasteiger partial charge in [0.25, 0.3) is 0 Å². The van der Waals surface area contributed by atoms with Crippen LogP contribution in [0.1, 0.15) is 34.6 Å². The first kappa shape index (κ1) is 20.9. The lowest BCUT2D eigenvalue weighted by Crippen LogP contribution is -2.26. The van der Waals surface area contributed by atoms with E-state index in [2.05, 4.69) is 53.9 Å². The number of rotatable bonds is 8. The van der Waals surface area contributed by atoms with Crippen LogP contribution in [-0.2, 0) is 11.2 Å². The molecule has 3 aromatic carbocycles. The number of benzene rings is 3. The molecule has 4 heteroatoms. The van der Waals surface area contributed by atoms with E-state index in [1.807, 2.05) is 36.4 Å². The number of hydrogen-bond acceptors (Lipinski definition) is 3. The molecule has 0 saturated carbocycles. The van der Waals surface area contributed by atoms with Crippen LogP contribution >= 0.6 is 0 Å². The number of carbonyl (C=O) groups is 1. The average Bonchev–Trinajstić information content (AvgIpc) is 3.12. The van der Waals surface area contributed by atoms with Gasteiger partial charge in [-0.2, -0.15) is 0 Å². The Labute approximate surface area is 183 Å². The third-order valence-corrected chi connectivity index (χ3v) is 5.69. The highest BCUT2D eigenvalue weighted by Crippen LogP contribution is 2.44. The van der Waals surface area contributed by atoms with Gasteiger partial charge in [0.15, 0.2) is 0 Å². The normalized spacial score (nSPS) is 12.5. The van der Waals surface area contributed by atoms with Gasteiger partial charge in [0, 0.05) is 12.5 Å². The van der Waals surface area contributed by atoms with Gasteiger partial charge in [-0.1, -0.05) is 84.9 Å². The molecule has 3 aromatic rings. The minimum Gasteiger partial charge on any atom is -0.449 e. The topological polar surface area (TPSA) is 64.3 Å². The molecule has 0 atom stereocenters. The molecule has 0 aliphatic heterocycles. The first-order chi connectivity index (χ1) is 15.3. The maximum absolute atomic E-state index is 12.2. The smallest absolute Gasteiger partial charge is 0.407 e. The van der Waals surface area contributed by atoms with Crippen molar-refractivity contribution in [3.05, 3.63) is 101 Å². The van der Waals surface area contributed by atoms with Gasteiger partial charge in [0.1, 0.15) is 6.61 Å². The summed E-state index contributed by atoms with van der Waals surface area (Å²) < 4.78 is 5.57. The lowest BCUT2D eigenvalue weighted by Gasteiger charge is -2.14. The van der Waals surface area contributed by atoms with Gasteiger partial charge < -0.3 is 15.8 Å². The summed E-state index contributed by atoms with van der Waals surface area (Å²) in [5.41, 5.74) is 13.0. The fraction of sp³-hybridized carbons (Fsp3) is 0.222. The van der Waals surface area contributed by atoms with E-state index in [9.17, 15) is 4.79 Å². The van der Waals surface area contributed by atoms with Crippen molar-refractivity contribution >= 4 is 12.2 Å². The summed E-state index contributed by atoms with van der Waals surface area (Å²) in [4.78, 5) is 12.2. The molecule has 4 rings (SSSR count). The van der Waals surface area contributed by atoms with Crippen molar-refractivity contribution in [1.82, 2.24) is 5.32 Å². The zero-order valence-electron chi connectivity index (χ0n) is 17.6. The van der Waals surface area contributed by atoms with E-state index in [1.165, 1.54) is 33.4 Å². The van der Waals surface area contributed by atoms with E-state index < -0.39 is 0 Å². The molecule has 0 aromatic heterocycles. The zero-order chi connectivity index (χ0) is 21.5. The highest BCUT2D eigenvalue weighted by molar-refractivity contribution is 5.79. The largest absolute Gasteiger partial charge is 0.449 e. The monoisotopic (exact) mass is 412 g/mol. The van der Waals surface area contributed by atoms with Gasteiger partial charge in [0.2, 0.25) is 0 Å². The lowest BCUT2D eigenvalue weighted by molar-refractivity contribution is 0.143. The summed E-state index contributed by atoms with van der Waals surface area (Å²) in [6.07, 6.45) is 5.38. The Morgan fingerprint density at radius 1 is 0.935 bits per heavy atom. The molecule has 0 radical (unpaired) electrons. The van der Waals surface area contributed by atoms with E-state index in [4.69, 9.17) is 10.5 Å². The average molecular weight is 413 g/mol. The van der Waals surface area contributed by atoms with Crippen LogP contribution in [-0.4, -0.2) is 25.8 Å². The van der Waals surface area contributed by atoms with Crippen molar-refractivity contribution in [3.63, 3.8) is 0 Å². The van der Waals surface area contributed by atoms with Gasteiger partial charge >= 0.3 is 6.09 Å². The second kappa shape index (κ2) is 10.1. The number of alkyl carbamates (subject to hydrolysis) is 1. The van der Waals surface area contributed by atoms with Crippen molar-refractivity contribution in [2.75, 3.05) is 19.7 Å². The van der Waals surface area contributed by atoms with Crippen LogP contribution in [0, 0.1) is 0 Å². The number of ether oxygens (including phenoxy) is 1. The van der Waals surface area contributed by atoms with Crippen LogP contribution < -0.4 is 11.1 Å². The van der Waals surface area contributed by atoms with Gasteiger partial charge in [-0.05, 0) is 52.8 Å². The molecule has 0 fully saturated rings. The summed E-state index contributed by atoms with van der Waals surface area (Å²) >= 11 is 0. The molecule has 1 aliphatic rings. The second-order valence-electron chi connectivity index (χ2n) is 7.68. The van der Waals surface area contributed by atoms with Gasteiger partial charge in [-0.3, -0.25) is 0 Å². The van der Waals surface area contributed by atoms with Crippen molar-refractivity contribution in [1.29, 1.82) is 0 Å². The Morgan fingerprint density at radius 3 is 2.29 bits per heavy atom. The van der Waals surface area contributed by atoms with Crippen LogP contribution in [0.2, 0.25) is 0 Å². The zero-order valence-corrected chi connectivity index (χ0v) is 17.6. The van der Waals surface area contributed by atoms with Crippen LogP contribution in [0.5, 0.6) is 0 Å². The summed E-state index contributed by atoms with van der Waals surface area (Å²) in [5.74, 6) is 0.0806. The number of amides is 1. The molecule has 158 valence electrons. The molecule has 1 aliphatic carbocycles. The molecular weight excluding hydrogens is 384 g/mol. The predicted octanol–water partition coefficient (Wildman–Crippen LogP) is 5.13. The Kier molecular flexibility index (Phi) is 6.80. The van der Waals surface area contributed by atoms with Gasteiger partial charge in [-0.25, -0.2) is 4.79 Å². The van der Waals surface area contributed by atoms with Crippen LogP contribution in [0.15, 0.2) is 78.9 Å². The lowest BCUT2D eigenvalue weighted by atomic mass is 9.98. The fourth-order valence-electron chi connectivity index (χ4n) is 4.20. The molecular formula is C27H28N2O2. The molecule has 0 spiro atoms. The number of nitrogens with two attached hydrogens (primary N) is 1. The van der Waals surface area contributed by atoms with Crippen LogP contribution in [0.4, 0.5) is 4.79 Å². The quantitative estimate of drug-likeness (QED) is 0.504. The van der Waals surface area contributed by atoms with Crippen LogP contribution in [0.25, 0.3) is 17.2 Å². The predicted molar refractivity (Wildman–Crippen MR) is 126 cm³/mol. The van der Waals surface area contributed by atoms with Crippen molar-refractivity contribution in [2.45, 2.75) is 18.8 Å². The van der Waals surface area contributed by atoms with E-state index in [1.54, 1.807) is 0 Å². The standard InChI is InChI=1S/C27H28N2O2/c28-17-16-21-10-2-1-9-20(21)11-7-8-18-29-27(30)31-19-26-24-14-5-3-12-22(24)23-13-4-6-15-25(23)26/h1-7,9-15,26H,8,16-19,28H2,(H,29,30). The molecule has 1 amide bonds. The van der Waals surface area contributed by atoms with E-state index in [-0.39, 0.29) is 12.0 Å². The maximum atomic E-state index is 12.2. The first-order valence-electron chi connectivity index (χ1n) is 10.8. The maximum Gasteiger partial charge on any atom is 0.407 e. The molecule has 3 N–H and O–H groups in total. The third kappa shape index (κ3) is 4.86. The Balaban J connectivity index is 1.27. The second-order valence-corrected chi connectivity index (χ2v) is 7.68. The molecule has 0 unspecified atom stereocenters. The molecule has 0 heterocycles. The molecule has 0 saturated heterocycles. The summed E-state index contributed by atoms with van der Waals surface area (Å²) in [5, 5.41) is 2.85. The highest BCUT2D eigenvalue weighted by Gasteiger charge is 2.28. The Hall–Kier alpha value is -3.37. The van der Waals surface area contributed by atoms with Gasteiger partial charge in [-0.15, -0.1) is 0 Å².